The summed E-state index contributed by atoms with van der Waals surface area (Å²) in [5.74, 6) is 0.788. The number of benzene rings is 3. The van der Waals surface area contributed by atoms with Crippen LogP contribution in [0.15, 0.2) is 71.1 Å². The van der Waals surface area contributed by atoms with Crippen molar-refractivity contribution in [2.75, 3.05) is 11.9 Å². The van der Waals surface area contributed by atoms with E-state index in [0.29, 0.717) is 33.5 Å². The lowest BCUT2D eigenvalue weighted by molar-refractivity contribution is -0.118. The van der Waals surface area contributed by atoms with E-state index in [-0.39, 0.29) is 12.5 Å². The summed E-state index contributed by atoms with van der Waals surface area (Å²) in [6, 6.07) is 20.3. The number of hydrogen-bond donors (Lipinski definition) is 1. The zero-order valence-corrected chi connectivity index (χ0v) is 16.6. The molecule has 0 bridgehead atoms. The SMILES string of the molecule is CCc1ccc(OCC(=O)Nc2ccc(Cl)c(-c3nc4ccccc4o3)c2)cc1. The van der Waals surface area contributed by atoms with Crippen LogP contribution in [0.2, 0.25) is 5.02 Å². The van der Waals surface area contributed by atoms with Crippen LogP contribution in [-0.4, -0.2) is 17.5 Å². The van der Waals surface area contributed by atoms with Gasteiger partial charge in [0, 0.05) is 5.69 Å². The summed E-state index contributed by atoms with van der Waals surface area (Å²) in [5.41, 5.74) is 3.83. The van der Waals surface area contributed by atoms with Crippen molar-refractivity contribution in [3.05, 3.63) is 77.3 Å². The monoisotopic (exact) mass is 406 g/mol. The third-order valence-electron chi connectivity index (χ3n) is 4.48. The molecular formula is C23H19ClN2O3. The first-order chi connectivity index (χ1) is 14.1. The van der Waals surface area contributed by atoms with Crippen LogP contribution in [0.25, 0.3) is 22.6 Å². The fourth-order valence-electron chi connectivity index (χ4n) is 2.92. The van der Waals surface area contributed by atoms with Crippen LogP contribution in [0.1, 0.15) is 12.5 Å². The number of carbonyl (C=O) groups excluding carboxylic acids is 1. The number of rotatable bonds is 6. The van der Waals surface area contributed by atoms with E-state index < -0.39 is 0 Å². The maximum atomic E-state index is 12.3. The average Bonchev–Trinajstić information content (AvgIpc) is 3.18. The Labute approximate surface area is 173 Å². The minimum absolute atomic E-state index is 0.0910. The number of aromatic nitrogens is 1. The number of ether oxygens (including phenoxy) is 1. The molecular weight excluding hydrogens is 388 g/mol. The molecule has 0 radical (unpaired) electrons. The predicted molar refractivity (Wildman–Crippen MR) is 114 cm³/mol. The lowest BCUT2D eigenvalue weighted by Gasteiger charge is -2.09. The highest BCUT2D eigenvalue weighted by atomic mass is 35.5. The van der Waals surface area contributed by atoms with E-state index in [1.165, 1.54) is 5.56 Å². The third kappa shape index (κ3) is 4.41. The number of aryl methyl sites for hydroxylation is 1. The predicted octanol–water partition coefficient (Wildman–Crippen LogP) is 5.73. The molecule has 6 heteroatoms. The number of fused-ring (bicyclic) bond motifs is 1. The van der Waals surface area contributed by atoms with E-state index in [0.717, 1.165) is 11.9 Å². The molecule has 0 aliphatic rings. The molecule has 1 heterocycles. The van der Waals surface area contributed by atoms with Gasteiger partial charge < -0.3 is 14.5 Å². The summed E-state index contributed by atoms with van der Waals surface area (Å²) in [6.45, 7) is 2.00. The van der Waals surface area contributed by atoms with Crippen LogP contribution in [-0.2, 0) is 11.2 Å². The Kier molecular flexibility index (Phi) is 5.49. The molecule has 0 saturated carbocycles. The van der Waals surface area contributed by atoms with Crippen molar-refractivity contribution in [1.29, 1.82) is 0 Å². The number of nitrogens with one attached hydrogen (secondary N) is 1. The summed E-state index contributed by atoms with van der Waals surface area (Å²) in [4.78, 5) is 16.7. The quantitative estimate of drug-likeness (QED) is 0.444. The van der Waals surface area contributed by atoms with Gasteiger partial charge in [-0.2, -0.15) is 0 Å². The van der Waals surface area contributed by atoms with E-state index in [1.807, 2.05) is 48.5 Å². The average molecular weight is 407 g/mol. The second-order valence-electron chi connectivity index (χ2n) is 6.52. The van der Waals surface area contributed by atoms with Gasteiger partial charge in [0.2, 0.25) is 5.89 Å². The second-order valence-corrected chi connectivity index (χ2v) is 6.92. The number of hydrogen-bond acceptors (Lipinski definition) is 4. The molecule has 1 N–H and O–H groups in total. The number of para-hydroxylation sites is 2. The van der Waals surface area contributed by atoms with E-state index in [2.05, 4.69) is 17.2 Å². The highest BCUT2D eigenvalue weighted by molar-refractivity contribution is 6.33. The number of amides is 1. The first-order valence-corrected chi connectivity index (χ1v) is 9.67. The Morgan fingerprint density at radius 1 is 1.10 bits per heavy atom. The maximum absolute atomic E-state index is 12.3. The fourth-order valence-corrected chi connectivity index (χ4v) is 3.12. The topological polar surface area (TPSA) is 64.4 Å². The van der Waals surface area contributed by atoms with Crippen molar-refractivity contribution in [3.63, 3.8) is 0 Å². The van der Waals surface area contributed by atoms with Crippen LogP contribution in [0.5, 0.6) is 5.75 Å². The fraction of sp³-hybridized carbons (Fsp3) is 0.130. The Morgan fingerprint density at radius 3 is 2.66 bits per heavy atom. The Balaban J connectivity index is 1.46. The van der Waals surface area contributed by atoms with Gasteiger partial charge in [0.05, 0.1) is 10.6 Å². The van der Waals surface area contributed by atoms with Gasteiger partial charge in [0.15, 0.2) is 12.2 Å². The van der Waals surface area contributed by atoms with Crippen molar-refractivity contribution in [3.8, 4) is 17.2 Å². The Morgan fingerprint density at radius 2 is 1.90 bits per heavy atom. The van der Waals surface area contributed by atoms with Crippen LogP contribution >= 0.6 is 11.6 Å². The van der Waals surface area contributed by atoms with Crippen molar-refractivity contribution >= 4 is 34.3 Å². The summed E-state index contributed by atoms with van der Waals surface area (Å²) in [5, 5.41) is 3.30. The van der Waals surface area contributed by atoms with Crippen molar-refractivity contribution < 1.29 is 13.9 Å². The van der Waals surface area contributed by atoms with Gasteiger partial charge in [-0.1, -0.05) is 42.8 Å². The van der Waals surface area contributed by atoms with Crippen molar-refractivity contribution in [1.82, 2.24) is 4.98 Å². The summed E-state index contributed by atoms with van der Waals surface area (Å²) < 4.78 is 11.3. The second kappa shape index (κ2) is 8.37. The van der Waals surface area contributed by atoms with Gasteiger partial charge in [-0.15, -0.1) is 0 Å². The lowest BCUT2D eigenvalue weighted by atomic mass is 10.2. The normalized spacial score (nSPS) is 10.8. The molecule has 4 rings (SSSR count). The van der Waals surface area contributed by atoms with Crippen LogP contribution in [0, 0.1) is 0 Å². The van der Waals surface area contributed by atoms with Gasteiger partial charge in [-0.05, 0) is 54.4 Å². The summed E-state index contributed by atoms with van der Waals surface area (Å²) >= 11 is 6.32. The van der Waals surface area contributed by atoms with E-state index >= 15 is 0 Å². The molecule has 146 valence electrons. The maximum Gasteiger partial charge on any atom is 0.262 e. The lowest BCUT2D eigenvalue weighted by Crippen LogP contribution is -2.20. The highest BCUT2D eigenvalue weighted by Gasteiger charge is 2.13. The number of nitrogens with zero attached hydrogens (tertiary/aromatic N) is 1. The third-order valence-corrected chi connectivity index (χ3v) is 4.81. The zero-order valence-electron chi connectivity index (χ0n) is 15.8. The molecule has 0 fully saturated rings. The smallest absolute Gasteiger partial charge is 0.262 e. The van der Waals surface area contributed by atoms with Crippen LogP contribution in [0.3, 0.4) is 0 Å². The van der Waals surface area contributed by atoms with E-state index in [9.17, 15) is 4.79 Å². The standard InChI is InChI=1S/C23H19ClN2O3/c1-2-15-7-10-17(11-8-15)28-14-22(27)25-16-9-12-19(24)18(13-16)23-26-20-5-3-4-6-21(20)29-23/h3-13H,2,14H2,1H3,(H,25,27). The largest absolute Gasteiger partial charge is 0.484 e. The molecule has 4 aromatic rings. The van der Waals surface area contributed by atoms with Gasteiger partial charge in [-0.3, -0.25) is 4.79 Å². The van der Waals surface area contributed by atoms with Gasteiger partial charge in [-0.25, -0.2) is 4.98 Å². The molecule has 0 unspecified atom stereocenters. The van der Waals surface area contributed by atoms with Crippen LogP contribution < -0.4 is 10.1 Å². The molecule has 0 aliphatic carbocycles. The molecule has 0 aliphatic heterocycles. The molecule has 0 spiro atoms. The van der Waals surface area contributed by atoms with Crippen molar-refractivity contribution in [2.45, 2.75) is 13.3 Å². The molecule has 1 amide bonds. The van der Waals surface area contributed by atoms with Crippen molar-refractivity contribution in [2.24, 2.45) is 0 Å². The molecule has 5 nitrogen and oxygen atoms in total. The van der Waals surface area contributed by atoms with Gasteiger partial charge in [0.25, 0.3) is 5.91 Å². The molecule has 29 heavy (non-hydrogen) atoms. The number of anilines is 1. The molecule has 0 atom stereocenters. The van der Waals surface area contributed by atoms with Gasteiger partial charge >= 0.3 is 0 Å². The first kappa shape index (κ1) is 19.0. The first-order valence-electron chi connectivity index (χ1n) is 9.29. The number of oxazole rings is 1. The summed E-state index contributed by atoms with van der Waals surface area (Å²) in [6.07, 6.45) is 0.958. The molecule has 1 aromatic heterocycles. The Hall–Kier alpha value is -3.31. The molecule has 0 saturated heterocycles. The Bertz CT molecular complexity index is 1120. The zero-order chi connectivity index (χ0) is 20.2. The van der Waals surface area contributed by atoms with Crippen LogP contribution in [0.4, 0.5) is 5.69 Å². The van der Waals surface area contributed by atoms with E-state index in [1.54, 1.807) is 18.2 Å². The van der Waals surface area contributed by atoms with Gasteiger partial charge in [0.1, 0.15) is 11.3 Å². The minimum Gasteiger partial charge on any atom is -0.484 e. The highest BCUT2D eigenvalue weighted by Crippen LogP contribution is 2.32. The number of carbonyl (C=O) groups is 1. The summed E-state index contributed by atoms with van der Waals surface area (Å²) in [7, 11) is 0. The van der Waals surface area contributed by atoms with E-state index in [4.69, 9.17) is 20.8 Å². The number of halogens is 1. The minimum atomic E-state index is -0.268. The molecule has 3 aromatic carbocycles.